The van der Waals surface area contributed by atoms with E-state index in [-0.39, 0.29) is 0 Å². The van der Waals surface area contributed by atoms with Crippen LogP contribution in [0.3, 0.4) is 0 Å². The highest BCUT2D eigenvalue weighted by Crippen LogP contribution is 2.51. The van der Waals surface area contributed by atoms with E-state index in [1.807, 2.05) is 22.7 Å². The van der Waals surface area contributed by atoms with Gasteiger partial charge in [0.2, 0.25) is 0 Å². The fraction of sp³-hybridized carbons (Fsp3) is 0. The molecule has 12 aromatic rings. The van der Waals surface area contributed by atoms with Gasteiger partial charge in [0.05, 0.1) is 22.1 Å². The van der Waals surface area contributed by atoms with Gasteiger partial charge in [-0.2, -0.15) is 0 Å². The molecular formula is C47H27N3S2. The first kappa shape index (κ1) is 28.4. The van der Waals surface area contributed by atoms with E-state index >= 15 is 0 Å². The van der Waals surface area contributed by atoms with Gasteiger partial charge in [-0.1, -0.05) is 103 Å². The molecule has 0 fully saturated rings. The third-order valence-electron chi connectivity index (χ3n) is 10.7. The van der Waals surface area contributed by atoms with Gasteiger partial charge >= 0.3 is 0 Å². The van der Waals surface area contributed by atoms with Crippen molar-refractivity contribution in [1.82, 2.24) is 14.1 Å². The number of imidazole rings is 1. The Bertz CT molecular complexity index is 3410. The van der Waals surface area contributed by atoms with Gasteiger partial charge in [-0.3, -0.25) is 4.57 Å². The van der Waals surface area contributed by atoms with E-state index in [1.165, 1.54) is 72.9 Å². The molecule has 242 valence electrons. The first-order chi connectivity index (χ1) is 25.8. The van der Waals surface area contributed by atoms with Crippen molar-refractivity contribution in [2.24, 2.45) is 0 Å². The SMILES string of the molecule is c1ccc(-n2c(-c3cccc(-n4c5ccccc5c5c6sc7ccccc7c6c6c(ccc7sc8ccccc8c76)c54)c3)nc3ccccc32)cc1. The van der Waals surface area contributed by atoms with Crippen LogP contribution in [0.1, 0.15) is 0 Å². The molecule has 0 amide bonds. The maximum Gasteiger partial charge on any atom is 0.145 e. The Morgan fingerprint density at radius 3 is 1.92 bits per heavy atom. The van der Waals surface area contributed by atoms with Gasteiger partial charge < -0.3 is 4.57 Å². The van der Waals surface area contributed by atoms with Gasteiger partial charge in [-0.25, -0.2) is 4.98 Å². The van der Waals surface area contributed by atoms with E-state index in [4.69, 9.17) is 4.98 Å². The lowest BCUT2D eigenvalue weighted by Crippen LogP contribution is -1.99. The normalized spacial score (nSPS) is 12.2. The van der Waals surface area contributed by atoms with Gasteiger partial charge in [0.1, 0.15) is 5.82 Å². The summed E-state index contributed by atoms with van der Waals surface area (Å²) in [7, 11) is 0. The highest BCUT2D eigenvalue weighted by molar-refractivity contribution is 7.27. The van der Waals surface area contributed by atoms with Gasteiger partial charge in [0.25, 0.3) is 0 Å². The van der Waals surface area contributed by atoms with Crippen LogP contribution in [0.2, 0.25) is 0 Å². The number of nitrogens with zero attached hydrogens (tertiary/aromatic N) is 3. The average molecular weight is 698 g/mol. The number of thiophene rings is 2. The Morgan fingerprint density at radius 2 is 1.08 bits per heavy atom. The highest BCUT2D eigenvalue weighted by atomic mass is 32.1. The summed E-state index contributed by atoms with van der Waals surface area (Å²) in [5.41, 5.74) is 7.81. The molecule has 0 spiro atoms. The molecule has 0 bridgehead atoms. The summed E-state index contributed by atoms with van der Waals surface area (Å²) in [5, 5.41) is 10.6. The summed E-state index contributed by atoms with van der Waals surface area (Å²) < 4.78 is 10.1. The van der Waals surface area contributed by atoms with Crippen LogP contribution in [-0.4, -0.2) is 14.1 Å². The minimum Gasteiger partial charge on any atom is -0.309 e. The quantitative estimate of drug-likeness (QED) is 0.180. The van der Waals surface area contributed by atoms with Crippen LogP contribution < -0.4 is 0 Å². The van der Waals surface area contributed by atoms with Gasteiger partial charge in [0.15, 0.2) is 0 Å². The molecule has 0 saturated carbocycles. The predicted octanol–water partition coefficient (Wildman–Crippen LogP) is 13.7. The fourth-order valence-electron chi connectivity index (χ4n) is 8.58. The molecule has 3 nitrogen and oxygen atoms in total. The summed E-state index contributed by atoms with van der Waals surface area (Å²) in [6.45, 7) is 0. The molecule has 0 unspecified atom stereocenters. The van der Waals surface area contributed by atoms with Crippen molar-refractivity contribution in [3.05, 3.63) is 164 Å². The Labute approximate surface area is 305 Å². The maximum absolute atomic E-state index is 5.24. The third-order valence-corrected chi connectivity index (χ3v) is 13.0. The summed E-state index contributed by atoms with van der Waals surface area (Å²) in [6.07, 6.45) is 0. The number of rotatable bonds is 3. The lowest BCUT2D eigenvalue weighted by molar-refractivity contribution is 1.10. The van der Waals surface area contributed by atoms with Gasteiger partial charge in [0, 0.05) is 78.8 Å². The first-order valence-electron chi connectivity index (χ1n) is 17.6. The zero-order chi connectivity index (χ0) is 33.9. The van der Waals surface area contributed by atoms with Crippen LogP contribution in [0.15, 0.2) is 164 Å². The summed E-state index contributed by atoms with van der Waals surface area (Å²) >= 11 is 3.82. The van der Waals surface area contributed by atoms with Crippen molar-refractivity contribution in [3.63, 3.8) is 0 Å². The molecule has 0 aliphatic heterocycles. The number of benzene rings is 8. The van der Waals surface area contributed by atoms with E-state index in [1.54, 1.807) is 0 Å². The minimum atomic E-state index is 0.929. The molecule has 0 atom stereocenters. The zero-order valence-corrected chi connectivity index (χ0v) is 29.4. The van der Waals surface area contributed by atoms with Crippen LogP contribution in [0.4, 0.5) is 0 Å². The maximum atomic E-state index is 5.24. The molecule has 4 heterocycles. The van der Waals surface area contributed by atoms with Crippen molar-refractivity contribution in [2.45, 2.75) is 0 Å². The van der Waals surface area contributed by atoms with Crippen molar-refractivity contribution in [2.75, 3.05) is 0 Å². The minimum absolute atomic E-state index is 0.929. The second-order valence-corrected chi connectivity index (χ2v) is 15.6. The molecule has 5 heteroatoms. The molecule has 0 saturated heterocycles. The van der Waals surface area contributed by atoms with Crippen LogP contribution >= 0.6 is 22.7 Å². The topological polar surface area (TPSA) is 22.8 Å². The van der Waals surface area contributed by atoms with E-state index in [2.05, 4.69) is 173 Å². The number of hydrogen-bond donors (Lipinski definition) is 0. The number of hydrogen-bond acceptors (Lipinski definition) is 3. The van der Waals surface area contributed by atoms with E-state index in [0.717, 1.165) is 33.8 Å². The monoisotopic (exact) mass is 697 g/mol. The summed E-state index contributed by atoms with van der Waals surface area (Å²) in [6, 6.07) is 59.5. The Morgan fingerprint density at radius 1 is 0.404 bits per heavy atom. The van der Waals surface area contributed by atoms with Crippen molar-refractivity contribution >= 4 is 107 Å². The van der Waals surface area contributed by atoms with E-state index in [9.17, 15) is 0 Å². The summed E-state index contributed by atoms with van der Waals surface area (Å²) in [5.74, 6) is 0.929. The molecule has 0 radical (unpaired) electrons. The second-order valence-electron chi connectivity index (χ2n) is 13.5. The third kappa shape index (κ3) is 3.81. The molecule has 0 aliphatic carbocycles. The Balaban J connectivity index is 1.25. The lowest BCUT2D eigenvalue weighted by Gasteiger charge is -2.14. The Kier molecular flexibility index (Phi) is 5.81. The second kappa shape index (κ2) is 10.6. The number of fused-ring (bicyclic) bond motifs is 15. The first-order valence-corrected chi connectivity index (χ1v) is 19.2. The molecule has 0 N–H and O–H groups in total. The molecular weight excluding hydrogens is 671 g/mol. The van der Waals surface area contributed by atoms with Gasteiger partial charge in [-0.05, 0) is 60.7 Å². The molecule has 0 aliphatic rings. The number of aromatic nitrogens is 3. The van der Waals surface area contributed by atoms with Crippen molar-refractivity contribution < 1.29 is 0 Å². The lowest BCUT2D eigenvalue weighted by atomic mass is 9.96. The largest absolute Gasteiger partial charge is 0.309 e. The van der Waals surface area contributed by atoms with Crippen LogP contribution in [0.25, 0.3) is 107 Å². The number of para-hydroxylation sites is 4. The molecule has 12 rings (SSSR count). The standard InChI is InChI=1S/C47H27N3S2/c1-2-14-29(15-3-1)50-37-22-9-7-20-35(37)48-47(50)28-13-12-16-30(27-28)49-36-21-8-4-17-31(36)44-45(49)34-25-26-40-41(32-18-5-10-23-38(32)51-40)42(34)43-33-19-6-11-24-39(33)52-46(43)44/h1-27H. The molecule has 8 aromatic carbocycles. The predicted molar refractivity (Wildman–Crippen MR) is 224 cm³/mol. The van der Waals surface area contributed by atoms with Crippen LogP contribution in [0, 0.1) is 0 Å². The average Bonchev–Trinajstić information content (AvgIpc) is 3.97. The zero-order valence-electron chi connectivity index (χ0n) is 27.7. The highest BCUT2D eigenvalue weighted by Gasteiger charge is 2.24. The van der Waals surface area contributed by atoms with Gasteiger partial charge in [-0.15, -0.1) is 22.7 Å². The van der Waals surface area contributed by atoms with Crippen LogP contribution in [-0.2, 0) is 0 Å². The van der Waals surface area contributed by atoms with E-state index < -0.39 is 0 Å². The smallest absolute Gasteiger partial charge is 0.145 e. The van der Waals surface area contributed by atoms with Crippen molar-refractivity contribution in [1.29, 1.82) is 0 Å². The van der Waals surface area contributed by atoms with Crippen molar-refractivity contribution in [3.8, 4) is 22.8 Å². The fourth-order valence-corrected chi connectivity index (χ4v) is 11.0. The molecule has 52 heavy (non-hydrogen) atoms. The molecule has 4 aromatic heterocycles. The van der Waals surface area contributed by atoms with E-state index in [0.29, 0.717) is 0 Å². The summed E-state index contributed by atoms with van der Waals surface area (Å²) in [4.78, 5) is 5.24. The Hall–Kier alpha value is -6.27. The van der Waals surface area contributed by atoms with Crippen LogP contribution in [0.5, 0.6) is 0 Å².